The molecule has 0 radical (unpaired) electrons. The summed E-state index contributed by atoms with van der Waals surface area (Å²) in [5, 5.41) is 13.6. The van der Waals surface area contributed by atoms with Crippen LogP contribution in [0.5, 0.6) is 0 Å². The van der Waals surface area contributed by atoms with E-state index in [1.165, 1.54) is 0 Å². The maximum atomic E-state index is 11.4. The van der Waals surface area contributed by atoms with Gasteiger partial charge in [-0.15, -0.1) is 0 Å². The van der Waals surface area contributed by atoms with E-state index in [1.807, 2.05) is 0 Å². The Labute approximate surface area is 88.0 Å². The zero-order valence-corrected chi connectivity index (χ0v) is 8.49. The monoisotopic (exact) mass is 216 g/mol. The molecular weight excluding hydrogens is 200 g/mol. The molecule has 0 spiro atoms. The van der Waals surface area contributed by atoms with Crippen LogP contribution in [-0.2, 0) is 14.3 Å². The van der Waals surface area contributed by atoms with Crippen LogP contribution in [0.2, 0.25) is 0 Å². The Morgan fingerprint density at radius 1 is 1.60 bits per heavy atom. The molecule has 0 aromatic carbocycles. The molecule has 1 heterocycles. The molecule has 1 fully saturated rings. The summed E-state index contributed by atoms with van der Waals surface area (Å²) in [6, 6.07) is -0.393. The summed E-state index contributed by atoms with van der Waals surface area (Å²) in [5.41, 5.74) is 0. The molecule has 6 heteroatoms. The van der Waals surface area contributed by atoms with Gasteiger partial charge in [-0.3, -0.25) is 9.59 Å². The number of hydrogen-bond acceptors (Lipinski definition) is 4. The number of amides is 2. The van der Waals surface area contributed by atoms with E-state index in [4.69, 9.17) is 9.84 Å². The van der Waals surface area contributed by atoms with Crippen LogP contribution in [0.1, 0.15) is 12.8 Å². The van der Waals surface area contributed by atoms with Gasteiger partial charge in [-0.25, -0.2) is 0 Å². The van der Waals surface area contributed by atoms with Gasteiger partial charge in [0.15, 0.2) is 0 Å². The standard InChI is InChI=1S/C9H16N2O4/c12-4-6-15-5-3-10-9(14)7-1-2-8(13)11-7/h7,12H,1-6H2,(H,10,14)(H,11,13)/t7-/m0/s1. The van der Waals surface area contributed by atoms with E-state index in [-0.39, 0.29) is 25.0 Å². The van der Waals surface area contributed by atoms with E-state index in [1.54, 1.807) is 0 Å². The molecule has 86 valence electrons. The van der Waals surface area contributed by atoms with Crippen LogP contribution in [0.4, 0.5) is 0 Å². The van der Waals surface area contributed by atoms with Gasteiger partial charge in [0.25, 0.3) is 0 Å². The zero-order chi connectivity index (χ0) is 11.1. The lowest BCUT2D eigenvalue weighted by atomic mass is 10.2. The second-order valence-corrected chi connectivity index (χ2v) is 3.29. The summed E-state index contributed by atoms with van der Waals surface area (Å²) in [6.07, 6.45) is 0.973. The Kier molecular flexibility index (Phi) is 5.06. The van der Waals surface area contributed by atoms with E-state index < -0.39 is 6.04 Å². The van der Waals surface area contributed by atoms with Crippen LogP contribution < -0.4 is 10.6 Å². The van der Waals surface area contributed by atoms with Crippen molar-refractivity contribution in [3.63, 3.8) is 0 Å². The third kappa shape index (κ3) is 4.26. The van der Waals surface area contributed by atoms with Gasteiger partial charge in [0.05, 0.1) is 19.8 Å². The molecule has 1 aliphatic heterocycles. The van der Waals surface area contributed by atoms with Crippen LogP contribution >= 0.6 is 0 Å². The number of carbonyl (C=O) groups excluding carboxylic acids is 2. The van der Waals surface area contributed by atoms with Gasteiger partial charge in [-0.2, -0.15) is 0 Å². The van der Waals surface area contributed by atoms with Gasteiger partial charge in [-0.05, 0) is 6.42 Å². The minimum Gasteiger partial charge on any atom is -0.394 e. The molecule has 0 bridgehead atoms. The minimum absolute atomic E-state index is 0.0212. The number of hydrogen-bond donors (Lipinski definition) is 3. The molecule has 1 rings (SSSR count). The van der Waals surface area contributed by atoms with Gasteiger partial charge in [-0.1, -0.05) is 0 Å². The normalized spacial score (nSPS) is 20.1. The molecule has 1 atom stereocenters. The van der Waals surface area contributed by atoms with E-state index in [0.29, 0.717) is 26.0 Å². The van der Waals surface area contributed by atoms with E-state index in [0.717, 1.165) is 0 Å². The van der Waals surface area contributed by atoms with Gasteiger partial charge in [0.2, 0.25) is 11.8 Å². The van der Waals surface area contributed by atoms with Gasteiger partial charge < -0.3 is 20.5 Å². The zero-order valence-electron chi connectivity index (χ0n) is 8.49. The van der Waals surface area contributed by atoms with Crippen molar-refractivity contribution >= 4 is 11.8 Å². The Morgan fingerprint density at radius 2 is 2.40 bits per heavy atom. The third-order valence-corrected chi connectivity index (χ3v) is 2.09. The molecule has 0 aromatic heterocycles. The first kappa shape index (κ1) is 11.9. The molecule has 6 nitrogen and oxygen atoms in total. The SMILES string of the molecule is O=C1CC[C@@H](C(=O)NCCOCCO)N1. The predicted molar refractivity (Wildman–Crippen MR) is 52.1 cm³/mol. The van der Waals surface area contributed by atoms with Crippen LogP contribution in [0.15, 0.2) is 0 Å². The second kappa shape index (κ2) is 6.36. The van der Waals surface area contributed by atoms with Crippen molar-refractivity contribution in [2.24, 2.45) is 0 Å². The predicted octanol–water partition coefficient (Wildman–Crippen LogP) is -1.61. The first-order valence-electron chi connectivity index (χ1n) is 4.99. The highest BCUT2D eigenvalue weighted by atomic mass is 16.5. The van der Waals surface area contributed by atoms with E-state index >= 15 is 0 Å². The lowest BCUT2D eigenvalue weighted by Crippen LogP contribution is -2.42. The first-order chi connectivity index (χ1) is 7.24. The maximum Gasteiger partial charge on any atom is 0.242 e. The molecule has 0 unspecified atom stereocenters. The van der Waals surface area contributed by atoms with Gasteiger partial charge >= 0.3 is 0 Å². The minimum atomic E-state index is -0.393. The molecule has 3 N–H and O–H groups in total. The quantitative estimate of drug-likeness (QED) is 0.466. The average molecular weight is 216 g/mol. The summed E-state index contributed by atoms with van der Waals surface area (Å²) in [4.78, 5) is 22.2. The molecule has 2 amide bonds. The van der Waals surface area contributed by atoms with Crippen molar-refractivity contribution in [3.05, 3.63) is 0 Å². The number of nitrogens with one attached hydrogen (secondary N) is 2. The Balaban J connectivity index is 2.06. The summed E-state index contributed by atoms with van der Waals surface area (Å²) >= 11 is 0. The fraction of sp³-hybridized carbons (Fsp3) is 0.778. The van der Waals surface area contributed by atoms with Crippen LogP contribution in [0, 0.1) is 0 Å². The van der Waals surface area contributed by atoms with Crippen molar-refractivity contribution in [2.45, 2.75) is 18.9 Å². The highest BCUT2D eigenvalue weighted by molar-refractivity contribution is 5.90. The smallest absolute Gasteiger partial charge is 0.242 e. The van der Waals surface area contributed by atoms with E-state index in [2.05, 4.69) is 10.6 Å². The lowest BCUT2D eigenvalue weighted by Gasteiger charge is -2.10. The topological polar surface area (TPSA) is 87.7 Å². The lowest BCUT2D eigenvalue weighted by molar-refractivity contribution is -0.125. The van der Waals surface area contributed by atoms with Crippen LogP contribution in [-0.4, -0.2) is 49.3 Å². The molecule has 1 aliphatic rings. The summed E-state index contributed by atoms with van der Waals surface area (Å²) < 4.78 is 4.96. The molecule has 15 heavy (non-hydrogen) atoms. The molecule has 1 saturated heterocycles. The summed E-state index contributed by atoms with van der Waals surface area (Å²) in [6.45, 7) is 1.01. The number of aliphatic hydroxyl groups excluding tert-OH is 1. The fourth-order valence-corrected chi connectivity index (χ4v) is 1.35. The van der Waals surface area contributed by atoms with Gasteiger partial charge in [0.1, 0.15) is 6.04 Å². The Hall–Kier alpha value is -1.14. The third-order valence-electron chi connectivity index (χ3n) is 2.09. The van der Waals surface area contributed by atoms with Gasteiger partial charge in [0, 0.05) is 13.0 Å². The van der Waals surface area contributed by atoms with E-state index in [9.17, 15) is 9.59 Å². The molecule has 0 aromatic rings. The largest absolute Gasteiger partial charge is 0.394 e. The Morgan fingerprint density at radius 3 is 3.00 bits per heavy atom. The number of aliphatic hydroxyl groups is 1. The highest BCUT2D eigenvalue weighted by Crippen LogP contribution is 2.05. The molecule has 0 saturated carbocycles. The number of carbonyl (C=O) groups is 2. The first-order valence-corrected chi connectivity index (χ1v) is 4.99. The van der Waals surface area contributed by atoms with Crippen molar-refractivity contribution in [2.75, 3.05) is 26.4 Å². The number of ether oxygens (including phenoxy) is 1. The van der Waals surface area contributed by atoms with Crippen molar-refractivity contribution < 1.29 is 19.4 Å². The molecule has 0 aliphatic carbocycles. The Bertz CT molecular complexity index is 232. The number of rotatable bonds is 6. The van der Waals surface area contributed by atoms with Crippen molar-refractivity contribution in [3.8, 4) is 0 Å². The summed E-state index contributed by atoms with van der Waals surface area (Å²) in [5.74, 6) is -0.250. The molecular formula is C9H16N2O4. The average Bonchev–Trinajstić information content (AvgIpc) is 2.64. The highest BCUT2D eigenvalue weighted by Gasteiger charge is 2.26. The van der Waals surface area contributed by atoms with Crippen LogP contribution in [0.25, 0.3) is 0 Å². The van der Waals surface area contributed by atoms with Crippen molar-refractivity contribution in [1.82, 2.24) is 10.6 Å². The maximum absolute atomic E-state index is 11.4. The van der Waals surface area contributed by atoms with Crippen molar-refractivity contribution in [1.29, 1.82) is 0 Å². The summed E-state index contributed by atoms with van der Waals surface area (Å²) in [7, 11) is 0. The van der Waals surface area contributed by atoms with Crippen LogP contribution in [0.3, 0.4) is 0 Å². The second-order valence-electron chi connectivity index (χ2n) is 3.29. The fourth-order valence-electron chi connectivity index (χ4n) is 1.35.